The van der Waals surface area contributed by atoms with Crippen LogP contribution in [0.25, 0.3) is 6.08 Å². The van der Waals surface area contributed by atoms with Crippen molar-refractivity contribution >= 4 is 40.6 Å². The predicted octanol–water partition coefficient (Wildman–Crippen LogP) is 3.41. The quantitative estimate of drug-likeness (QED) is 0.661. The Labute approximate surface area is 143 Å². The molecule has 1 atom stereocenters. The Hall–Kier alpha value is -1.92. The lowest BCUT2D eigenvalue weighted by Gasteiger charge is -2.16. The van der Waals surface area contributed by atoms with Gasteiger partial charge in [0.1, 0.15) is 0 Å². The molecule has 6 heteroatoms. The van der Waals surface area contributed by atoms with Crippen molar-refractivity contribution in [3.05, 3.63) is 49.9 Å². The number of hydrogen-bond donors (Lipinski definition) is 2. The number of carbonyl (C=O) groups is 2. The van der Waals surface area contributed by atoms with E-state index >= 15 is 0 Å². The van der Waals surface area contributed by atoms with Gasteiger partial charge in [-0.1, -0.05) is 13.0 Å². The fraction of sp³-hybridized carbons (Fsp3) is 0.294. The maximum atomic E-state index is 12.1. The summed E-state index contributed by atoms with van der Waals surface area (Å²) < 4.78 is 0. The largest absolute Gasteiger partial charge is 0.279 e. The van der Waals surface area contributed by atoms with Crippen LogP contribution in [0.2, 0.25) is 0 Å². The molecule has 0 bridgehead atoms. The number of nitrogens with one attached hydrogen (secondary N) is 2. The molecule has 120 valence electrons. The molecule has 0 saturated carbocycles. The van der Waals surface area contributed by atoms with Crippen LogP contribution >= 0.6 is 22.7 Å². The second-order valence-electron chi connectivity index (χ2n) is 5.70. The standard InChI is InChI=1S/C17H18N2O2S2/c1-11-4-6-14-12(9-11)10-15(23-14)17(21)19-18-16(20)7-5-13-3-2-8-22-13/h2-3,5,7-8,10-11H,4,6,9H2,1H3,(H,18,20)(H,19,21)/b7-5+/t11-/m0/s1. The van der Waals surface area contributed by atoms with E-state index in [1.54, 1.807) is 17.4 Å². The average Bonchev–Trinajstić information content (AvgIpc) is 3.19. The highest BCUT2D eigenvalue weighted by atomic mass is 32.1. The van der Waals surface area contributed by atoms with Crippen molar-refractivity contribution in [2.24, 2.45) is 5.92 Å². The van der Waals surface area contributed by atoms with Crippen LogP contribution in [0.4, 0.5) is 0 Å². The van der Waals surface area contributed by atoms with Gasteiger partial charge in [-0.15, -0.1) is 22.7 Å². The number of carbonyl (C=O) groups excluding carboxylic acids is 2. The van der Waals surface area contributed by atoms with Crippen molar-refractivity contribution in [3.8, 4) is 0 Å². The second kappa shape index (κ2) is 7.10. The Morgan fingerprint density at radius 3 is 3.00 bits per heavy atom. The fourth-order valence-electron chi connectivity index (χ4n) is 2.58. The molecular formula is C17H18N2O2S2. The van der Waals surface area contributed by atoms with E-state index < -0.39 is 0 Å². The molecule has 2 heterocycles. The van der Waals surface area contributed by atoms with E-state index in [1.807, 2.05) is 23.6 Å². The summed E-state index contributed by atoms with van der Waals surface area (Å²) in [7, 11) is 0. The first kappa shape index (κ1) is 16.0. The van der Waals surface area contributed by atoms with Gasteiger partial charge in [0.2, 0.25) is 0 Å². The van der Waals surface area contributed by atoms with Crippen LogP contribution in [0.1, 0.15) is 38.3 Å². The van der Waals surface area contributed by atoms with Crippen LogP contribution in [0.3, 0.4) is 0 Å². The molecule has 0 radical (unpaired) electrons. The molecule has 0 aromatic carbocycles. The van der Waals surface area contributed by atoms with E-state index in [0.717, 1.165) is 17.7 Å². The Morgan fingerprint density at radius 1 is 1.35 bits per heavy atom. The van der Waals surface area contributed by atoms with Gasteiger partial charge in [0.25, 0.3) is 11.8 Å². The Balaban J connectivity index is 1.54. The highest BCUT2D eigenvalue weighted by molar-refractivity contribution is 7.14. The third-order valence-corrected chi connectivity index (χ3v) is 5.87. The van der Waals surface area contributed by atoms with Crippen molar-refractivity contribution in [3.63, 3.8) is 0 Å². The summed E-state index contributed by atoms with van der Waals surface area (Å²) in [6.07, 6.45) is 6.39. The number of hydrogen-bond acceptors (Lipinski definition) is 4. The van der Waals surface area contributed by atoms with Gasteiger partial charge in [-0.25, -0.2) is 0 Å². The fourth-order valence-corrected chi connectivity index (χ4v) is 4.30. The van der Waals surface area contributed by atoms with Gasteiger partial charge in [-0.2, -0.15) is 0 Å². The Kier molecular flexibility index (Phi) is 4.93. The molecule has 2 amide bonds. The molecule has 2 aromatic heterocycles. The number of fused-ring (bicyclic) bond motifs is 1. The number of thiophene rings is 2. The molecule has 4 nitrogen and oxygen atoms in total. The number of hydrazine groups is 1. The van der Waals surface area contributed by atoms with Crippen LogP contribution in [0, 0.1) is 5.92 Å². The van der Waals surface area contributed by atoms with E-state index in [0.29, 0.717) is 10.8 Å². The molecule has 0 unspecified atom stereocenters. The van der Waals surface area contributed by atoms with E-state index in [-0.39, 0.29) is 11.8 Å². The summed E-state index contributed by atoms with van der Waals surface area (Å²) in [5.41, 5.74) is 6.17. The van der Waals surface area contributed by atoms with Gasteiger partial charge in [-0.3, -0.25) is 20.4 Å². The maximum absolute atomic E-state index is 12.1. The zero-order valence-corrected chi connectivity index (χ0v) is 14.4. The molecule has 23 heavy (non-hydrogen) atoms. The zero-order valence-electron chi connectivity index (χ0n) is 12.8. The summed E-state index contributed by atoms with van der Waals surface area (Å²) >= 11 is 3.08. The van der Waals surface area contributed by atoms with Crippen molar-refractivity contribution in [1.82, 2.24) is 10.9 Å². The molecule has 1 aliphatic rings. The van der Waals surface area contributed by atoms with Crippen LogP contribution in [-0.2, 0) is 17.6 Å². The smallest absolute Gasteiger partial charge is 0.268 e. The van der Waals surface area contributed by atoms with E-state index in [1.165, 1.54) is 34.3 Å². The molecule has 2 aromatic rings. The number of rotatable bonds is 3. The second-order valence-corrected chi connectivity index (χ2v) is 7.82. The number of amides is 2. The summed E-state index contributed by atoms with van der Waals surface area (Å²) in [5.74, 6) is 0.0757. The lowest BCUT2D eigenvalue weighted by atomic mass is 9.90. The molecule has 3 rings (SSSR count). The van der Waals surface area contributed by atoms with Crippen molar-refractivity contribution < 1.29 is 9.59 Å². The van der Waals surface area contributed by atoms with Gasteiger partial charge in [0.15, 0.2) is 0 Å². The molecule has 2 N–H and O–H groups in total. The van der Waals surface area contributed by atoms with E-state index in [2.05, 4.69) is 17.8 Å². The first-order chi connectivity index (χ1) is 11.1. The zero-order chi connectivity index (χ0) is 16.2. The van der Waals surface area contributed by atoms with Gasteiger partial charge in [-0.05, 0) is 54.3 Å². The molecular weight excluding hydrogens is 328 g/mol. The normalized spacial score (nSPS) is 17.0. The van der Waals surface area contributed by atoms with E-state index in [4.69, 9.17) is 0 Å². The van der Waals surface area contributed by atoms with Crippen LogP contribution in [-0.4, -0.2) is 11.8 Å². The lowest BCUT2D eigenvalue weighted by molar-refractivity contribution is -0.117. The highest BCUT2D eigenvalue weighted by Crippen LogP contribution is 2.32. The molecule has 0 spiro atoms. The van der Waals surface area contributed by atoms with Crippen LogP contribution in [0.5, 0.6) is 0 Å². The summed E-state index contributed by atoms with van der Waals surface area (Å²) in [4.78, 5) is 26.8. The third kappa shape index (κ3) is 4.09. The van der Waals surface area contributed by atoms with Crippen molar-refractivity contribution in [2.75, 3.05) is 0 Å². The minimum absolute atomic E-state index is 0.255. The minimum Gasteiger partial charge on any atom is -0.268 e. The number of aryl methyl sites for hydroxylation is 1. The molecule has 0 saturated heterocycles. The van der Waals surface area contributed by atoms with Crippen molar-refractivity contribution in [1.29, 1.82) is 0 Å². The monoisotopic (exact) mass is 346 g/mol. The van der Waals surface area contributed by atoms with E-state index in [9.17, 15) is 9.59 Å². The topological polar surface area (TPSA) is 58.2 Å². The van der Waals surface area contributed by atoms with Gasteiger partial charge in [0.05, 0.1) is 4.88 Å². The molecule has 0 aliphatic heterocycles. The average molecular weight is 346 g/mol. The molecule has 0 fully saturated rings. The van der Waals surface area contributed by atoms with Crippen LogP contribution in [0.15, 0.2) is 29.7 Å². The first-order valence-corrected chi connectivity index (χ1v) is 9.25. The van der Waals surface area contributed by atoms with Gasteiger partial charge in [0, 0.05) is 15.8 Å². The highest BCUT2D eigenvalue weighted by Gasteiger charge is 2.20. The Bertz CT molecular complexity index is 732. The SMILES string of the molecule is C[C@H]1CCc2sc(C(=O)NNC(=O)/C=C/c3cccs3)cc2C1. The van der Waals surface area contributed by atoms with Gasteiger partial charge >= 0.3 is 0 Å². The predicted molar refractivity (Wildman–Crippen MR) is 94.5 cm³/mol. The van der Waals surface area contributed by atoms with Crippen molar-refractivity contribution in [2.45, 2.75) is 26.2 Å². The first-order valence-electron chi connectivity index (χ1n) is 7.55. The lowest BCUT2D eigenvalue weighted by Crippen LogP contribution is -2.40. The van der Waals surface area contributed by atoms with Gasteiger partial charge < -0.3 is 0 Å². The minimum atomic E-state index is -0.346. The molecule has 1 aliphatic carbocycles. The maximum Gasteiger partial charge on any atom is 0.279 e. The van der Waals surface area contributed by atoms with Crippen LogP contribution < -0.4 is 10.9 Å². The summed E-state index contributed by atoms with van der Waals surface area (Å²) in [5, 5.41) is 1.94. The third-order valence-electron chi connectivity index (χ3n) is 3.79. The Morgan fingerprint density at radius 2 is 2.22 bits per heavy atom. The summed E-state index contributed by atoms with van der Waals surface area (Å²) in [6.45, 7) is 2.24. The summed E-state index contributed by atoms with van der Waals surface area (Å²) in [6, 6.07) is 5.80.